The number of rotatable bonds is 3. The van der Waals surface area contributed by atoms with E-state index in [4.69, 9.17) is 4.74 Å². The normalized spacial score (nSPS) is 20.0. The smallest absolute Gasteiger partial charge is 0.310 e. The molecule has 0 amide bonds. The van der Waals surface area contributed by atoms with Crippen LogP contribution in [0.4, 0.5) is 11.4 Å². The molecule has 150 valence electrons. The standard InChI is InChI=1S/C24H26N2O3/c1-4-21(28)29-16-11-9-15(10-12-16)23-22-19(13-24(2,3)14-20(22)27)25-17-7-5-6-8-18(17)26-23/h5-12,23,25-26H,4,13-14H2,1-3H3/t23-/m0/s1. The summed E-state index contributed by atoms with van der Waals surface area (Å²) in [6, 6.07) is 15.1. The van der Waals surface area contributed by atoms with Crippen molar-refractivity contribution >= 4 is 23.1 Å². The van der Waals surface area contributed by atoms with E-state index in [1.54, 1.807) is 19.1 Å². The fraction of sp³-hybridized carbons (Fsp3) is 0.333. The number of Topliss-reactive ketones (excluding diaryl/α,β-unsaturated/α-hetero) is 1. The number of anilines is 2. The summed E-state index contributed by atoms with van der Waals surface area (Å²) in [5, 5.41) is 7.07. The molecule has 0 fully saturated rings. The molecule has 1 heterocycles. The maximum atomic E-state index is 13.2. The first kappa shape index (κ1) is 19.2. The first-order valence-electron chi connectivity index (χ1n) is 10.1. The fourth-order valence-corrected chi connectivity index (χ4v) is 4.07. The third kappa shape index (κ3) is 3.90. The molecule has 0 spiro atoms. The second kappa shape index (κ2) is 7.39. The van der Waals surface area contributed by atoms with E-state index < -0.39 is 0 Å². The van der Waals surface area contributed by atoms with Gasteiger partial charge in [-0.05, 0) is 41.7 Å². The second-order valence-corrected chi connectivity index (χ2v) is 8.48. The van der Waals surface area contributed by atoms with Gasteiger partial charge in [-0.1, -0.05) is 45.0 Å². The number of carbonyl (C=O) groups excluding carboxylic acids is 2. The van der Waals surface area contributed by atoms with Gasteiger partial charge in [0.05, 0.1) is 17.4 Å². The predicted octanol–water partition coefficient (Wildman–Crippen LogP) is 5.22. The van der Waals surface area contributed by atoms with Crippen molar-refractivity contribution in [3.8, 4) is 5.75 Å². The maximum Gasteiger partial charge on any atom is 0.310 e. The highest BCUT2D eigenvalue weighted by atomic mass is 16.5. The van der Waals surface area contributed by atoms with Crippen molar-refractivity contribution in [1.29, 1.82) is 0 Å². The van der Waals surface area contributed by atoms with Crippen LogP contribution in [-0.4, -0.2) is 11.8 Å². The van der Waals surface area contributed by atoms with Crippen molar-refractivity contribution in [2.75, 3.05) is 10.6 Å². The monoisotopic (exact) mass is 390 g/mol. The van der Waals surface area contributed by atoms with E-state index in [-0.39, 0.29) is 23.2 Å². The first-order valence-corrected chi connectivity index (χ1v) is 10.1. The molecule has 0 saturated heterocycles. The van der Waals surface area contributed by atoms with Gasteiger partial charge >= 0.3 is 5.97 Å². The Labute approximate surface area is 171 Å². The largest absolute Gasteiger partial charge is 0.427 e. The molecule has 2 aliphatic rings. The molecule has 1 aliphatic heterocycles. The van der Waals surface area contributed by atoms with Crippen LogP contribution in [0.1, 0.15) is 51.6 Å². The number of para-hydroxylation sites is 2. The molecule has 0 radical (unpaired) electrons. The van der Waals surface area contributed by atoms with Crippen LogP contribution in [0.3, 0.4) is 0 Å². The second-order valence-electron chi connectivity index (χ2n) is 8.48. The molecule has 0 aromatic heterocycles. The van der Waals surface area contributed by atoms with E-state index in [0.717, 1.165) is 34.6 Å². The number of benzene rings is 2. The summed E-state index contributed by atoms with van der Waals surface area (Å²) < 4.78 is 5.29. The summed E-state index contributed by atoms with van der Waals surface area (Å²) in [6.07, 6.45) is 1.66. The molecule has 2 N–H and O–H groups in total. The van der Waals surface area contributed by atoms with E-state index in [1.807, 2.05) is 36.4 Å². The van der Waals surface area contributed by atoms with Gasteiger partial charge in [0, 0.05) is 24.1 Å². The Balaban J connectivity index is 1.76. The van der Waals surface area contributed by atoms with Crippen LogP contribution < -0.4 is 15.4 Å². The number of allylic oxidation sites excluding steroid dienone is 1. The summed E-state index contributed by atoms with van der Waals surface area (Å²) in [4.78, 5) is 24.7. The Morgan fingerprint density at radius 1 is 1.07 bits per heavy atom. The Morgan fingerprint density at radius 3 is 2.45 bits per heavy atom. The highest BCUT2D eigenvalue weighted by Crippen LogP contribution is 2.45. The molecule has 5 nitrogen and oxygen atoms in total. The average Bonchev–Trinajstić information content (AvgIpc) is 2.84. The predicted molar refractivity (Wildman–Crippen MR) is 114 cm³/mol. The van der Waals surface area contributed by atoms with Gasteiger partial charge in [-0.3, -0.25) is 9.59 Å². The van der Waals surface area contributed by atoms with Gasteiger partial charge in [-0.25, -0.2) is 0 Å². The van der Waals surface area contributed by atoms with Crippen molar-refractivity contribution in [1.82, 2.24) is 0 Å². The fourth-order valence-electron chi connectivity index (χ4n) is 4.07. The van der Waals surface area contributed by atoms with Gasteiger partial charge in [-0.2, -0.15) is 0 Å². The number of ether oxygens (including phenoxy) is 1. The number of ketones is 1. The van der Waals surface area contributed by atoms with Crippen molar-refractivity contribution in [2.45, 2.75) is 46.1 Å². The van der Waals surface area contributed by atoms with Crippen LogP contribution in [0.15, 0.2) is 59.8 Å². The van der Waals surface area contributed by atoms with Crippen LogP contribution in [0.2, 0.25) is 0 Å². The van der Waals surface area contributed by atoms with Crippen LogP contribution in [0, 0.1) is 5.41 Å². The lowest BCUT2D eigenvalue weighted by atomic mass is 9.73. The zero-order valence-electron chi connectivity index (χ0n) is 17.0. The van der Waals surface area contributed by atoms with Crippen LogP contribution >= 0.6 is 0 Å². The Kier molecular flexibility index (Phi) is 4.91. The summed E-state index contributed by atoms with van der Waals surface area (Å²) in [5.41, 5.74) is 4.58. The maximum absolute atomic E-state index is 13.2. The lowest BCUT2D eigenvalue weighted by molar-refractivity contribution is -0.134. The highest BCUT2D eigenvalue weighted by Gasteiger charge is 2.38. The van der Waals surface area contributed by atoms with Crippen molar-refractivity contribution in [3.63, 3.8) is 0 Å². The first-order chi connectivity index (χ1) is 13.9. The topological polar surface area (TPSA) is 67.4 Å². The third-order valence-corrected chi connectivity index (χ3v) is 5.45. The summed E-state index contributed by atoms with van der Waals surface area (Å²) in [5.74, 6) is 0.409. The summed E-state index contributed by atoms with van der Waals surface area (Å²) in [7, 11) is 0. The number of carbonyl (C=O) groups is 2. The third-order valence-electron chi connectivity index (χ3n) is 5.45. The van der Waals surface area contributed by atoms with Crippen LogP contribution in [0.25, 0.3) is 0 Å². The molecule has 0 unspecified atom stereocenters. The summed E-state index contributed by atoms with van der Waals surface area (Å²) >= 11 is 0. The molecule has 5 heteroatoms. The lowest BCUT2D eigenvalue weighted by Gasteiger charge is -2.34. The van der Waals surface area contributed by atoms with E-state index in [1.165, 1.54) is 0 Å². The van der Waals surface area contributed by atoms with E-state index in [9.17, 15) is 9.59 Å². The minimum atomic E-state index is -0.266. The molecule has 4 rings (SSSR count). The minimum absolute atomic E-state index is 0.0784. The molecule has 2 aromatic rings. The van der Waals surface area contributed by atoms with Crippen LogP contribution in [-0.2, 0) is 9.59 Å². The number of hydrogen-bond donors (Lipinski definition) is 2. The van der Waals surface area contributed by atoms with Gasteiger partial charge in [-0.15, -0.1) is 0 Å². The molecular weight excluding hydrogens is 364 g/mol. The highest BCUT2D eigenvalue weighted by molar-refractivity contribution is 6.01. The number of esters is 1. The van der Waals surface area contributed by atoms with E-state index in [0.29, 0.717) is 18.6 Å². The molecule has 2 aromatic carbocycles. The molecule has 0 saturated carbocycles. The number of nitrogens with one attached hydrogen (secondary N) is 2. The zero-order chi connectivity index (χ0) is 20.6. The van der Waals surface area contributed by atoms with Crippen molar-refractivity contribution < 1.29 is 14.3 Å². The molecule has 1 atom stereocenters. The zero-order valence-corrected chi connectivity index (χ0v) is 17.0. The summed E-state index contributed by atoms with van der Waals surface area (Å²) in [6.45, 7) is 6.03. The van der Waals surface area contributed by atoms with Crippen molar-refractivity contribution in [3.05, 3.63) is 65.4 Å². The SMILES string of the molecule is CCC(=O)Oc1ccc([C@@H]2Nc3ccccc3NC3=C2C(=O)CC(C)(C)C3)cc1. The van der Waals surface area contributed by atoms with Gasteiger partial charge in [0.1, 0.15) is 5.75 Å². The molecule has 29 heavy (non-hydrogen) atoms. The van der Waals surface area contributed by atoms with E-state index in [2.05, 4.69) is 24.5 Å². The molecule has 1 aliphatic carbocycles. The number of hydrogen-bond acceptors (Lipinski definition) is 5. The van der Waals surface area contributed by atoms with Gasteiger partial charge in [0.2, 0.25) is 0 Å². The number of fused-ring (bicyclic) bond motifs is 1. The quantitative estimate of drug-likeness (QED) is 0.555. The van der Waals surface area contributed by atoms with Gasteiger partial charge < -0.3 is 15.4 Å². The molecule has 0 bridgehead atoms. The van der Waals surface area contributed by atoms with Crippen LogP contribution in [0.5, 0.6) is 5.75 Å². The Hall–Kier alpha value is -3.08. The van der Waals surface area contributed by atoms with E-state index >= 15 is 0 Å². The Bertz CT molecular complexity index is 989. The van der Waals surface area contributed by atoms with Gasteiger partial charge in [0.15, 0.2) is 5.78 Å². The molecular formula is C24H26N2O3. The van der Waals surface area contributed by atoms with Crippen molar-refractivity contribution in [2.24, 2.45) is 5.41 Å². The Morgan fingerprint density at radius 2 is 1.76 bits per heavy atom. The lowest BCUT2D eigenvalue weighted by Crippen LogP contribution is -2.31. The van der Waals surface area contributed by atoms with Gasteiger partial charge in [0.25, 0.3) is 0 Å². The average molecular weight is 390 g/mol. The minimum Gasteiger partial charge on any atom is -0.427 e.